The lowest BCUT2D eigenvalue weighted by Crippen LogP contribution is -2.74. The number of benzene rings is 1. The fourth-order valence-corrected chi connectivity index (χ4v) is 8.95. The molecule has 0 radical (unpaired) electrons. The monoisotopic (exact) mass is 449 g/mol. The van der Waals surface area contributed by atoms with Gasteiger partial charge in [0.05, 0.1) is 17.8 Å². The number of hydrogen-bond donors (Lipinski definition) is 3. The first-order valence-corrected chi connectivity index (χ1v) is 12.6. The van der Waals surface area contributed by atoms with Crippen LogP contribution in [0.2, 0.25) is 0 Å². The molecule has 176 valence electrons. The Bertz CT molecular complexity index is 1230. The maximum Gasteiger partial charge on any atom is 0.194 e. The smallest absolute Gasteiger partial charge is 0.194 e. The van der Waals surface area contributed by atoms with Gasteiger partial charge >= 0.3 is 0 Å². The van der Waals surface area contributed by atoms with Gasteiger partial charge in [-0.3, -0.25) is 0 Å². The Balaban J connectivity index is 1.45. The topological polar surface area (TPSA) is 74.7 Å². The normalized spacial score (nSPS) is 49.2. The van der Waals surface area contributed by atoms with E-state index in [9.17, 15) is 10.2 Å². The first-order chi connectivity index (χ1) is 15.5. The van der Waals surface area contributed by atoms with Gasteiger partial charge in [-0.15, -0.1) is 0 Å². The molecule has 1 aromatic heterocycles. The number of fused-ring (bicyclic) bond motifs is 9. The molecule has 5 nitrogen and oxygen atoms in total. The highest BCUT2D eigenvalue weighted by Crippen LogP contribution is 2.72. The Labute approximate surface area is 195 Å². The maximum absolute atomic E-state index is 12.7. The molecule has 1 saturated heterocycles. The van der Waals surface area contributed by atoms with Gasteiger partial charge in [0.25, 0.3) is 0 Å². The van der Waals surface area contributed by atoms with Crippen LogP contribution in [-0.4, -0.2) is 44.4 Å². The zero-order valence-corrected chi connectivity index (χ0v) is 20.2. The minimum Gasteiger partial charge on any atom is -0.390 e. The standard InChI is InChI=1S/C28H35NO4/c1-15-12-20-27(32-23(15)24(2,3)33-27)11-10-25(4)26(5)16(14-21(30)28(20,25)31)13-18-17-8-6-7-9-19(17)29-22(18)26/h6-9,12,15-16,21,23,29-31H,10-11,13-14H2,1-5H3/t15?,16-,21+,23+,25-,26-,27?,28+/m1/s1. The Kier molecular flexibility index (Phi) is 3.61. The average molecular weight is 450 g/mol. The largest absolute Gasteiger partial charge is 0.390 e. The third-order valence-corrected chi connectivity index (χ3v) is 10.7. The van der Waals surface area contributed by atoms with E-state index in [0.29, 0.717) is 12.8 Å². The van der Waals surface area contributed by atoms with Gasteiger partial charge in [-0.25, -0.2) is 0 Å². The van der Waals surface area contributed by atoms with Crippen LogP contribution in [0.4, 0.5) is 0 Å². The molecule has 8 atom stereocenters. The number of para-hydroxylation sites is 1. The summed E-state index contributed by atoms with van der Waals surface area (Å²) in [5.74, 6) is -0.572. The van der Waals surface area contributed by atoms with Crippen LogP contribution in [0.1, 0.15) is 65.1 Å². The molecule has 2 bridgehead atoms. The number of hydrogen-bond acceptors (Lipinski definition) is 4. The van der Waals surface area contributed by atoms with E-state index in [1.165, 1.54) is 16.6 Å². The van der Waals surface area contributed by atoms with Gasteiger partial charge in [-0.2, -0.15) is 0 Å². The predicted molar refractivity (Wildman–Crippen MR) is 126 cm³/mol. The van der Waals surface area contributed by atoms with Gasteiger partial charge in [-0.05, 0) is 50.7 Å². The molecule has 5 aliphatic rings. The Morgan fingerprint density at radius 2 is 1.85 bits per heavy atom. The van der Waals surface area contributed by atoms with Crippen LogP contribution in [0.15, 0.2) is 35.9 Å². The average Bonchev–Trinajstić information content (AvgIpc) is 3.34. The molecule has 3 N–H and O–H groups in total. The zero-order valence-electron chi connectivity index (χ0n) is 20.2. The molecule has 1 aromatic carbocycles. The summed E-state index contributed by atoms with van der Waals surface area (Å²) in [4.78, 5) is 3.76. The van der Waals surface area contributed by atoms with Crippen molar-refractivity contribution in [3.8, 4) is 0 Å². The lowest BCUT2D eigenvalue weighted by atomic mass is 9.41. The molecule has 2 unspecified atom stereocenters. The summed E-state index contributed by atoms with van der Waals surface area (Å²) in [5, 5.41) is 25.7. The zero-order chi connectivity index (χ0) is 23.2. The van der Waals surface area contributed by atoms with E-state index in [-0.39, 0.29) is 23.4 Å². The number of aromatic amines is 1. The van der Waals surface area contributed by atoms with Crippen molar-refractivity contribution in [3.05, 3.63) is 47.2 Å². The molecule has 2 aromatic rings. The number of H-pyrrole nitrogens is 1. The van der Waals surface area contributed by atoms with Crippen LogP contribution < -0.4 is 0 Å². The molecule has 0 amide bonds. The second-order valence-electron chi connectivity index (χ2n) is 12.4. The molecule has 1 spiro atoms. The van der Waals surface area contributed by atoms with Gasteiger partial charge in [0.15, 0.2) is 5.79 Å². The van der Waals surface area contributed by atoms with Crippen molar-refractivity contribution in [2.45, 2.75) is 94.9 Å². The minimum absolute atomic E-state index is 0.0509. The fourth-order valence-electron chi connectivity index (χ4n) is 8.95. The molecule has 3 fully saturated rings. The molecule has 5 heteroatoms. The van der Waals surface area contributed by atoms with E-state index < -0.39 is 28.5 Å². The van der Waals surface area contributed by atoms with Gasteiger partial charge in [0.2, 0.25) is 0 Å². The Hall–Kier alpha value is -1.66. The summed E-state index contributed by atoms with van der Waals surface area (Å²) < 4.78 is 13.3. The summed E-state index contributed by atoms with van der Waals surface area (Å²) >= 11 is 0. The maximum atomic E-state index is 12.7. The SMILES string of the molecule is CC1C=C2C3(CC[C@]4(C)[C@@]5(C)c6[nH]c7ccccc7c6C[C@@H]5C[C@H](O)[C@@]24O)O[C@@H]1C(C)(C)O3. The number of aliphatic hydroxyl groups is 2. The molecule has 3 heterocycles. The molecule has 2 saturated carbocycles. The third kappa shape index (κ3) is 2.04. The van der Waals surface area contributed by atoms with Gasteiger partial charge in [0, 0.05) is 45.3 Å². The fraction of sp³-hybridized carbons (Fsp3) is 0.643. The van der Waals surface area contributed by atoms with Crippen molar-refractivity contribution in [2.24, 2.45) is 17.3 Å². The van der Waals surface area contributed by atoms with E-state index in [2.05, 4.69) is 69.9 Å². The molecule has 3 aliphatic carbocycles. The van der Waals surface area contributed by atoms with Gasteiger partial charge in [-0.1, -0.05) is 45.0 Å². The highest BCUT2D eigenvalue weighted by molar-refractivity contribution is 5.86. The van der Waals surface area contributed by atoms with E-state index in [1.807, 2.05) is 0 Å². The third-order valence-electron chi connectivity index (χ3n) is 10.7. The van der Waals surface area contributed by atoms with Crippen molar-refractivity contribution < 1.29 is 19.7 Å². The first kappa shape index (κ1) is 20.7. The number of aromatic nitrogens is 1. The highest BCUT2D eigenvalue weighted by Gasteiger charge is 2.77. The molecular weight excluding hydrogens is 414 g/mol. The lowest BCUT2D eigenvalue weighted by molar-refractivity contribution is -0.276. The minimum atomic E-state index is -1.42. The van der Waals surface area contributed by atoms with Crippen LogP contribution in [0, 0.1) is 17.3 Å². The van der Waals surface area contributed by atoms with Crippen LogP contribution in [0.3, 0.4) is 0 Å². The van der Waals surface area contributed by atoms with Crippen molar-refractivity contribution in [3.63, 3.8) is 0 Å². The van der Waals surface area contributed by atoms with E-state index in [0.717, 1.165) is 23.9 Å². The van der Waals surface area contributed by atoms with Crippen LogP contribution in [-0.2, 0) is 21.3 Å². The highest BCUT2D eigenvalue weighted by atomic mass is 16.8. The van der Waals surface area contributed by atoms with Crippen molar-refractivity contribution in [2.75, 3.05) is 0 Å². The van der Waals surface area contributed by atoms with E-state index >= 15 is 0 Å². The summed E-state index contributed by atoms with van der Waals surface area (Å²) in [6, 6.07) is 8.50. The quantitative estimate of drug-likeness (QED) is 0.523. The number of nitrogens with one attached hydrogen (secondary N) is 1. The number of ether oxygens (including phenoxy) is 2. The van der Waals surface area contributed by atoms with Crippen LogP contribution >= 0.6 is 0 Å². The predicted octanol–water partition coefficient (Wildman–Crippen LogP) is 4.36. The van der Waals surface area contributed by atoms with Gasteiger partial charge < -0.3 is 24.7 Å². The Morgan fingerprint density at radius 3 is 2.64 bits per heavy atom. The molecular formula is C28H35NO4. The van der Waals surface area contributed by atoms with Crippen molar-refractivity contribution in [1.29, 1.82) is 0 Å². The number of aliphatic hydroxyl groups excluding tert-OH is 1. The second-order valence-corrected chi connectivity index (χ2v) is 12.4. The van der Waals surface area contributed by atoms with Crippen molar-refractivity contribution >= 4 is 10.9 Å². The number of rotatable bonds is 0. The van der Waals surface area contributed by atoms with Crippen LogP contribution in [0.25, 0.3) is 10.9 Å². The van der Waals surface area contributed by atoms with E-state index in [4.69, 9.17) is 9.47 Å². The van der Waals surface area contributed by atoms with Crippen LogP contribution in [0.5, 0.6) is 0 Å². The first-order valence-electron chi connectivity index (χ1n) is 12.6. The molecule has 2 aliphatic heterocycles. The lowest BCUT2D eigenvalue weighted by Gasteiger charge is -2.67. The summed E-state index contributed by atoms with van der Waals surface area (Å²) in [6.45, 7) is 10.8. The van der Waals surface area contributed by atoms with Crippen molar-refractivity contribution in [1.82, 2.24) is 4.98 Å². The second kappa shape index (κ2) is 5.76. The molecule has 33 heavy (non-hydrogen) atoms. The summed E-state index contributed by atoms with van der Waals surface area (Å²) in [7, 11) is 0. The molecule has 7 rings (SSSR count). The summed E-state index contributed by atoms with van der Waals surface area (Å²) in [6.07, 6.45) is 4.17. The van der Waals surface area contributed by atoms with Gasteiger partial charge in [0.1, 0.15) is 5.60 Å². The van der Waals surface area contributed by atoms with E-state index in [1.54, 1.807) is 0 Å². The summed E-state index contributed by atoms with van der Waals surface area (Å²) in [5.41, 5.74) is 1.79. The Morgan fingerprint density at radius 1 is 1.09 bits per heavy atom.